The number of hydrogen-bond acceptors (Lipinski definition) is 7. The molecule has 0 amide bonds. The summed E-state index contributed by atoms with van der Waals surface area (Å²) >= 11 is 0. The summed E-state index contributed by atoms with van der Waals surface area (Å²) in [5, 5.41) is 13.3. The van der Waals surface area contributed by atoms with Crippen LogP contribution < -0.4 is 10.9 Å². The summed E-state index contributed by atoms with van der Waals surface area (Å²) in [6.07, 6.45) is 2.84. The quantitative estimate of drug-likeness (QED) is 0.338. The van der Waals surface area contributed by atoms with Gasteiger partial charge in [-0.2, -0.15) is 4.31 Å². The number of H-pyrrole nitrogens is 2. The summed E-state index contributed by atoms with van der Waals surface area (Å²) in [6, 6.07) is 3.95. The Bertz CT molecular complexity index is 1540. The molecule has 4 rings (SSSR count). The maximum absolute atomic E-state index is 14.1. The highest BCUT2D eigenvalue weighted by molar-refractivity contribution is 7.89. The second-order valence-corrected chi connectivity index (χ2v) is 12.7. The minimum atomic E-state index is -4.29. The first kappa shape index (κ1) is 26.8. The number of pyridine rings is 1. The number of carboxylic acid groups (broad SMARTS) is 1. The number of esters is 1. The van der Waals surface area contributed by atoms with Crippen LogP contribution in [0.4, 0.5) is 0 Å². The number of rotatable bonds is 7. The molecule has 3 aromatic rings. The highest BCUT2D eigenvalue weighted by Gasteiger charge is 2.46. The van der Waals surface area contributed by atoms with Crippen molar-refractivity contribution < 1.29 is 27.9 Å². The van der Waals surface area contributed by atoms with E-state index in [9.17, 15) is 27.9 Å². The van der Waals surface area contributed by atoms with E-state index in [2.05, 4.69) is 15.3 Å². The Hall–Kier alpha value is -3.22. The molecule has 1 unspecified atom stereocenters. The van der Waals surface area contributed by atoms with Crippen molar-refractivity contribution in [2.45, 2.75) is 69.5 Å². The number of nitrogens with one attached hydrogen (secondary N) is 3. The number of carbonyl (C=O) groups is 2. The van der Waals surface area contributed by atoms with E-state index < -0.39 is 38.7 Å². The number of aromatic carboxylic acids is 1. The van der Waals surface area contributed by atoms with Crippen LogP contribution in [-0.4, -0.2) is 70.0 Å². The van der Waals surface area contributed by atoms with Crippen LogP contribution in [0.1, 0.15) is 57.8 Å². The summed E-state index contributed by atoms with van der Waals surface area (Å²) < 4.78 is 35.0. The Kier molecular flexibility index (Phi) is 6.72. The van der Waals surface area contributed by atoms with E-state index in [0.29, 0.717) is 0 Å². The average molecular weight is 533 g/mol. The summed E-state index contributed by atoms with van der Waals surface area (Å²) in [7, 11) is -4.29. The van der Waals surface area contributed by atoms with Gasteiger partial charge in [0, 0.05) is 35.1 Å². The largest absolute Gasteiger partial charge is 0.478 e. The fraction of sp³-hybridized carbons (Fsp3) is 0.480. The molecule has 3 heterocycles. The Labute approximate surface area is 214 Å². The van der Waals surface area contributed by atoms with E-state index >= 15 is 0 Å². The van der Waals surface area contributed by atoms with Gasteiger partial charge in [0.25, 0.3) is 5.56 Å². The van der Waals surface area contributed by atoms with Gasteiger partial charge in [-0.1, -0.05) is 0 Å². The van der Waals surface area contributed by atoms with Crippen molar-refractivity contribution in [3.8, 4) is 0 Å². The van der Waals surface area contributed by atoms with E-state index in [1.165, 1.54) is 38.2 Å². The standard InChI is InChI=1S/C25H32N4O7S/c1-24(2,3)36-23(33)25(4,5)29(13-14-7-6-10-26-14)37(34,35)15-8-9-18-16(11-15)19-17(22(31)32)12-27-20(19)21(30)28-18/h8-9,11-12,14,26-27H,6-7,10,13H2,1-5H3,(H,28,30)(H,31,32). The van der Waals surface area contributed by atoms with Crippen LogP contribution in [0.15, 0.2) is 34.1 Å². The van der Waals surface area contributed by atoms with Crippen molar-refractivity contribution >= 4 is 43.8 Å². The lowest BCUT2D eigenvalue weighted by molar-refractivity contribution is -0.165. The molecule has 200 valence electrons. The minimum Gasteiger partial charge on any atom is -0.478 e. The maximum Gasteiger partial charge on any atom is 0.337 e. The molecule has 11 nitrogen and oxygen atoms in total. The molecule has 2 aromatic heterocycles. The van der Waals surface area contributed by atoms with Crippen LogP contribution in [0.2, 0.25) is 0 Å². The molecule has 4 N–H and O–H groups in total. The first-order valence-corrected chi connectivity index (χ1v) is 13.5. The van der Waals surface area contributed by atoms with Gasteiger partial charge in [0.2, 0.25) is 10.0 Å². The van der Waals surface area contributed by atoms with Crippen molar-refractivity contribution in [3.63, 3.8) is 0 Å². The third-order valence-electron chi connectivity index (χ3n) is 6.50. The van der Waals surface area contributed by atoms with Crippen LogP contribution in [0.5, 0.6) is 0 Å². The average Bonchev–Trinajstić information content (AvgIpc) is 3.46. The second kappa shape index (κ2) is 9.26. The number of hydrogen-bond donors (Lipinski definition) is 4. The third-order valence-corrected chi connectivity index (χ3v) is 8.54. The molecule has 37 heavy (non-hydrogen) atoms. The molecule has 1 aromatic carbocycles. The van der Waals surface area contributed by atoms with Gasteiger partial charge >= 0.3 is 11.9 Å². The zero-order valence-electron chi connectivity index (χ0n) is 21.5. The molecule has 0 aliphatic carbocycles. The topological polar surface area (TPSA) is 162 Å². The third kappa shape index (κ3) is 5.00. The molecule has 1 atom stereocenters. The minimum absolute atomic E-state index is 0.0283. The molecular weight excluding hydrogens is 500 g/mol. The second-order valence-electron chi connectivity index (χ2n) is 10.8. The SMILES string of the molecule is CC(C)(C)OC(=O)C(C)(C)N(CC1CCCN1)S(=O)(=O)c1ccc2[nH]c(=O)c3[nH]cc(C(=O)O)c3c2c1. The number of carboxylic acids is 1. The first-order valence-electron chi connectivity index (χ1n) is 12.0. The van der Waals surface area contributed by atoms with Gasteiger partial charge in [0.1, 0.15) is 16.7 Å². The Morgan fingerprint density at radius 2 is 1.89 bits per heavy atom. The lowest BCUT2D eigenvalue weighted by atomic mass is 10.0. The number of sulfonamides is 1. The van der Waals surface area contributed by atoms with Crippen LogP contribution in [0, 0.1) is 0 Å². The number of benzene rings is 1. The Morgan fingerprint density at radius 3 is 2.49 bits per heavy atom. The number of carbonyl (C=O) groups excluding carboxylic acids is 1. The van der Waals surface area contributed by atoms with Crippen LogP contribution >= 0.6 is 0 Å². The molecule has 0 radical (unpaired) electrons. The highest BCUT2D eigenvalue weighted by atomic mass is 32.2. The molecule has 12 heteroatoms. The predicted octanol–water partition coefficient (Wildman–Crippen LogP) is 2.57. The van der Waals surface area contributed by atoms with Crippen molar-refractivity contribution in [2.24, 2.45) is 0 Å². The van der Waals surface area contributed by atoms with Crippen LogP contribution in [-0.2, 0) is 19.6 Å². The van der Waals surface area contributed by atoms with E-state index in [1.54, 1.807) is 20.8 Å². The summed E-state index contributed by atoms with van der Waals surface area (Å²) in [6.45, 7) is 8.95. The number of aromatic nitrogens is 2. The summed E-state index contributed by atoms with van der Waals surface area (Å²) in [4.78, 5) is 42.7. The van der Waals surface area contributed by atoms with E-state index in [0.717, 1.165) is 23.7 Å². The summed E-state index contributed by atoms with van der Waals surface area (Å²) in [5.74, 6) is -1.95. The zero-order valence-corrected chi connectivity index (χ0v) is 22.3. The molecule has 0 bridgehead atoms. The summed E-state index contributed by atoms with van der Waals surface area (Å²) in [5.41, 5.74) is -2.73. The van der Waals surface area contributed by atoms with Crippen molar-refractivity contribution in [2.75, 3.05) is 13.1 Å². The van der Waals surface area contributed by atoms with Crippen LogP contribution in [0.3, 0.4) is 0 Å². The van der Waals surface area contributed by atoms with Gasteiger partial charge in [0.05, 0.1) is 10.5 Å². The Balaban J connectivity index is 1.89. The van der Waals surface area contributed by atoms with E-state index in [4.69, 9.17) is 4.74 Å². The fourth-order valence-electron chi connectivity index (χ4n) is 4.61. The fourth-order valence-corrected chi connectivity index (χ4v) is 6.42. The van der Waals surface area contributed by atoms with Gasteiger partial charge in [-0.25, -0.2) is 13.2 Å². The molecule has 0 spiro atoms. The normalized spacial score (nSPS) is 17.1. The Morgan fingerprint density at radius 1 is 1.19 bits per heavy atom. The van der Waals surface area contributed by atoms with Gasteiger partial charge in [-0.05, 0) is 72.2 Å². The number of fused-ring (bicyclic) bond motifs is 3. The lowest BCUT2D eigenvalue weighted by Gasteiger charge is -2.38. The molecule has 1 fully saturated rings. The molecule has 0 saturated carbocycles. The van der Waals surface area contributed by atoms with E-state index in [-0.39, 0.29) is 44.9 Å². The predicted molar refractivity (Wildman–Crippen MR) is 138 cm³/mol. The number of aromatic amines is 2. The molecule has 1 aliphatic heterocycles. The first-order chi connectivity index (χ1) is 17.1. The zero-order chi connectivity index (χ0) is 27.3. The van der Waals surface area contributed by atoms with Gasteiger partial charge in [-0.3, -0.25) is 9.59 Å². The van der Waals surface area contributed by atoms with Crippen molar-refractivity contribution in [3.05, 3.63) is 40.3 Å². The molecule has 1 saturated heterocycles. The number of nitrogens with zero attached hydrogens (tertiary/aromatic N) is 1. The van der Waals surface area contributed by atoms with Gasteiger partial charge in [0.15, 0.2) is 0 Å². The van der Waals surface area contributed by atoms with Crippen LogP contribution in [0.25, 0.3) is 21.8 Å². The number of ether oxygens (including phenoxy) is 1. The lowest BCUT2D eigenvalue weighted by Crippen LogP contribution is -2.57. The molecule has 1 aliphatic rings. The van der Waals surface area contributed by atoms with Crippen molar-refractivity contribution in [1.82, 2.24) is 19.6 Å². The van der Waals surface area contributed by atoms with Gasteiger partial charge < -0.3 is 25.1 Å². The molecular formula is C25H32N4O7S. The van der Waals surface area contributed by atoms with Gasteiger partial charge in [-0.15, -0.1) is 0 Å². The van der Waals surface area contributed by atoms with E-state index in [1.807, 2.05) is 0 Å². The highest BCUT2D eigenvalue weighted by Crippen LogP contribution is 2.32. The maximum atomic E-state index is 14.1. The smallest absolute Gasteiger partial charge is 0.337 e. The van der Waals surface area contributed by atoms with Crippen molar-refractivity contribution in [1.29, 1.82) is 0 Å². The monoisotopic (exact) mass is 532 g/mol.